The van der Waals surface area contributed by atoms with Crippen LogP contribution in [0.2, 0.25) is 0 Å². The van der Waals surface area contributed by atoms with Gasteiger partial charge in [0.15, 0.2) is 5.78 Å². The summed E-state index contributed by atoms with van der Waals surface area (Å²) in [6, 6.07) is 18.0. The Morgan fingerprint density at radius 3 is 1.82 bits per heavy atom. The predicted molar refractivity (Wildman–Crippen MR) is 109 cm³/mol. The van der Waals surface area contributed by atoms with E-state index in [9.17, 15) is 4.79 Å². The van der Waals surface area contributed by atoms with Gasteiger partial charge in [0.05, 0.1) is 11.1 Å². The fraction of sp³-hybridized carbons (Fsp3) is 0.208. The van der Waals surface area contributed by atoms with Gasteiger partial charge in [-0.3, -0.25) is 4.79 Å². The minimum absolute atomic E-state index is 0.0694. The Bertz CT molecular complexity index is 975. The summed E-state index contributed by atoms with van der Waals surface area (Å²) < 4.78 is 11.3. The van der Waals surface area contributed by atoms with Gasteiger partial charge in [0.25, 0.3) is 0 Å². The van der Waals surface area contributed by atoms with Crippen molar-refractivity contribution in [2.75, 3.05) is 13.1 Å². The molecule has 1 aliphatic heterocycles. The van der Waals surface area contributed by atoms with E-state index in [4.69, 9.17) is 8.83 Å². The molecule has 28 heavy (non-hydrogen) atoms. The lowest BCUT2D eigenvalue weighted by Gasteiger charge is -2.26. The fourth-order valence-electron chi connectivity index (χ4n) is 3.62. The van der Waals surface area contributed by atoms with Crippen LogP contribution in [0.5, 0.6) is 0 Å². The number of carbonyl (C=O) groups excluding carboxylic acids is 1. The lowest BCUT2D eigenvalue weighted by molar-refractivity contribution is -0.904. The van der Waals surface area contributed by atoms with Crippen molar-refractivity contribution >= 4 is 17.9 Å². The molecule has 0 unspecified atom stereocenters. The lowest BCUT2D eigenvalue weighted by atomic mass is 9.95. The highest BCUT2D eigenvalue weighted by atomic mass is 16.3. The molecule has 4 rings (SSSR count). The molecule has 4 nitrogen and oxygen atoms in total. The van der Waals surface area contributed by atoms with Crippen molar-refractivity contribution in [2.24, 2.45) is 0 Å². The molecule has 3 aromatic rings. The van der Waals surface area contributed by atoms with Crippen molar-refractivity contribution in [3.63, 3.8) is 0 Å². The van der Waals surface area contributed by atoms with Gasteiger partial charge in [-0.25, -0.2) is 0 Å². The van der Waals surface area contributed by atoms with Crippen LogP contribution in [0.15, 0.2) is 74.6 Å². The number of piperidine rings is 1. The summed E-state index contributed by atoms with van der Waals surface area (Å²) >= 11 is 0. The highest BCUT2D eigenvalue weighted by Gasteiger charge is 2.30. The molecular formula is C24H24NO3+. The van der Waals surface area contributed by atoms with Crippen LogP contribution in [0, 0.1) is 13.8 Å². The van der Waals surface area contributed by atoms with Crippen LogP contribution >= 0.6 is 0 Å². The second-order valence-electron chi connectivity index (χ2n) is 7.33. The Morgan fingerprint density at radius 1 is 0.821 bits per heavy atom. The second-order valence-corrected chi connectivity index (χ2v) is 7.33. The molecule has 0 bridgehead atoms. The molecule has 0 saturated carbocycles. The number of ketones is 1. The van der Waals surface area contributed by atoms with Crippen molar-refractivity contribution in [3.05, 3.63) is 94.3 Å². The molecule has 3 heterocycles. The first-order valence-corrected chi connectivity index (χ1v) is 9.53. The average Bonchev–Trinajstić information content (AvgIpc) is 3.27. The maximum Gasteiger partial charge on any atom is 0.196 e. The molecule has 1 fully saturated rings. The molecule has 4 heteroatoms. The highest BCUT2D eigenvalue weighted by Crippen LogP contribution is 2.18. The number of Topliss-reactive ketones (excluding diaryl/α,β-unsaturated/α-hetero) is 1. The molecule has 1 aliphatic rings. The number of quaternary nitrogens is 1. The van der Waals surface area contributed by atoms with Gasteiger partial charge in [0.2, 0.25) is 0 Å². The molecule has 1 aromatic carbocycles. The number of aryl methyl sites for hydroxylation is 2. The van der Waals surface area contributed by atoms with Gasteiger partial charge in [-0.15, -0.1) is 0 Å². The van der Waals surface area contributed by atoms with Crippen molar-refractivity contribution < 1.29 is 18.5 Å². The van der Waals surface area contributed by atoms with Gasteiger partial charge in [0.1, 0.15) is 42.7 Å². The predicted octanol–water partition coefficient (Wildman–Crippen LogP) is 3.62. The first kappa shape index (κ1) is 18.3. The van der Waals surface area contributed by atoms with E-state index in [0.717, 1.165) is 40.7 Å². The fourth-order valence-corrected chi connectivity index (χ4v) is 3.62. The van der Waals surface area contributed by atoms with Crippen molar-refractivity contribution in [2.45, 2.75) is 20.4 Å². The maximum absolute atomic E-state index is 13.1. The van der Waals surface area contributed by atoms with E-state index in [0.29, 0.717) is 13.1 Å². The van der Waals surface area contributed by atoms with Crippen LogP contribution < -0.4 is 4.90 Å². The van der Waals surface area contributed by atoms with Crippen LogP contribution in [-0.2, 0) is 11.3 Å². The summed E-state index contributed by atoms with van der Waals surface area (Å²) in [4.78, 5) is 14.4. The van der Waals surface area contributed by atoms with Crippen molar-refractivity contribution in [3.8, 4) is 0 Å². The molecular weight excluding hydrogens is 350 g/mol. The zero-order chi connectivity index (χ0) is 19.5. The van der Waals surface area contributed by atoms with Crippen molar-refractivity contribution in [1.29, 1.82) is 0 Å². The highest BCUT2D eigenvalue weighted by molar-refractivity contribution is 6.13. The number of likely N-dealkylation sites (tertiary alicyclic amines) is 1. The summed E-state index contributed by atoms with van der Waals surface area (Å²) in [6.45, 7) is 6.01. The first-order chi connectivity index (χ1) is 13.6. The third-order valence-corrected chi connectivity index (χ3v) is 4.92. The minimum atomic E-state index is 0.0694. The van der Waals surface area contributed by atoms with Gasteiger partial charge in [-0.05, 0) is 50.3 Å². The molecule has 0 amide bonds. The molecule has 1 saturated heterocycles. The number of rotatable bonds is 4. The van der Waals surface area contributed by atoms with Crippen LogP contribution in [-0.4, -0.2) is 18.9 Å². The normalized spacial score (nSPS) is 20.2. The van der Waals surface area contributed by atoms with E-state index in [-0.39, 0.29) is 5.78 Å². The molecule has 0 aliphatic carbocycles. The number of benzene rings is 1. The van der Waals surface area contributed by atoms with Crippen LogP contribution in [0.1, 0.15) is 28.6 Å². The summed E-state index contributed by atoms with van der Waals surface area (Å²) in [7, 11) is 0. The number of furan rings is 2. The largest absolute Gasteiger partial charge is 0.462 e. The number of hydrogen-bond donors (Lipinski definition) is 1. The lowest BCUT2D eigenvalue weighted by Crippen LogP contribution is -3.12. The summed E-state index contributed by atoms with van der Waals surface area (Å²) in [6.07, 6.45) is 3.75. The Balaban J connectivity index is 1.66. The van der Waals surface area contributed by atoms with E-state index in [1.807, 2.05) is 56.3 Å². The minimum Gasteiger partial charge on any atom is -0.462 e. The smallest absolute Gasteiger partial charge is 0.196 e. The zero-order valence-corrected chi connectivity index (χ0v) is 16.2. The molecule has 1 N–H and O–H groups in total. The number of hydrogen-bond acceptors (Lipinski definition) is 3. The van der Waals surface area contributed by atoms with E-state index >= 15 is 0 Å². The summed E-state index contributed by atoms with van der Waals surface area (Å²) in [5, 5.41) is 0. The average molecular weight is 374 g/mol. The summed E-state index contributed by atoms with van der Waals surface area (Å²) in [5.74, 6) is 3.18. The van der Waals surface area contributed by atoms with E-state index < -0.39 is 0 Å². The van der Waals surface area contributed by atoms with Crippen LogP contribution in [0.25, 0.3) is 12.2 Å². The van der Waals surface area contributed by atoms with Gasteiger partial charge in [-0.1, -0.05) is 30.3 Å². The molecule has 2 aromatic heterocycles. The number of carbonyl (C=O) groups is 1. The Morgan fingerprint density at radius 2 is 1.36 bits per heavy atom. The van der Waals surface area contributed by atoms with Crippen LogP contribution in [0.4, 0.5) is 0 Å². The van der Waals surface area contributed by atoms with Crippen molar-refractivity contribution in [1.82, 2.24) is 0 Å². The monoisotopic (exact) mass is 374 g/mol. The van der Waals surface area contributed by atoms with Gasteiger partial charge in [-0.2, -0.15) is 0 Å². The first-order valence-electron chi connectivity index (χ1n) is 9.53. The second kappa shape index (κ2) is 7.87. The van der Waals surface area contributed by atoms with E-state index in [1.165, 1.54) is 10.5 Å². The van der Waals surface area contributed by atoms with E-state index in [1.54, 1.807) is 0 Å². The Kier molecular flexibility index (Phi) is 5.13. The van der Waals surface area contributed by atoms with Gasteiger partial charge < -0.3 is 13.7 Å². The SMILES string of the molecule is Cc1ccc(/C=C2\C[NH+](Cc3ccccc3)C/C(=C\c3ccc(C)o3)C2=O)o1. The Hall–Kier alpha value is -3.11. The van der Waals surface area contributed by atoms with Crippen LogP contribution in [0.3, 0.4) is 0 Å². The molecule has 0 atom stereocenters. The zero-order valence-electron chi connectivity index (χ0n) is 16.2. The quantitative estimate of drug-likeness (QED) is 0.710. The van der Waals surface area contributed by atoms with E-state index in [2.05, 4.69) is 24.3 Å². The van der Waals surface area contributed by atoms with Gasteiger partial charge >= 0.3 is 0 Å². The van der Waals surface area contributed by atoms with Gasteiger partial charge in [0, 0.05) is 5.56 Å². The molecule has 0 spiro atoms. The third-order valence-electron chi connectivity index (χ3n) is 4.92. The standard InChI is InChI=1S/C24H23NO3/c1-17-8-10-22(27-17)12-20-15-25(14-19-6-4-3-5-7-19)16-21(24(20)26)13-23-11-9-18(2)28-23/h3-13H,14-16H2,1-2H3/p+1/b20-12+,21-13+. The maximum atomic E-state index is 13.1. The number of nitrogens with one attached hydrogen (secondary N) is 1. The molecule has 142 valence electrons. The molecule has 0 radical (unpaired) electrons. The summed E-state index contributed by atoms with van der Waals surface area (Å²) in [5.41, 5.74) is 2.79. The third kappa shape index (κ3) is 4.24. The Labute approximate surface area is 164 Å². The topological polar surface area (TPSA) is 47.8 Å².